The maximum atomic E-state index is 12.0. The van der Waals surface area contributed by atoms with E-state index in [1.807, 2.05) is 12.1 Å². The molecule has 0 aromatic heterocycles. The van der Waals surface area contributed by atoms with Gasteiger partial charge < -0.3 is 20.1 Å². The third-order valence-electron chi connectivity index (χ3n) is 4.84. The molecule has 7 nitrogen and oxygen atoms in total. The molecule has 25 heavy (non-hydrogen) atoms. The molecule has 2 rings (SSSR count). The second-order valence-electron chi connectivity index (χ2n) is 6.83. The fourth-order valence-corrected chi connectivity index (χ4v) is 3.40. The zero-order valence-electron chi connectivity index (χ0n) is 15.3. The Morgan fingerprint density at radius 1 is 1.24 bits per heavy atom. The first kappa shape index (κ1) is 19.1. The van der Waals surface area contributed by atoms with Gasteiger partial charge >= 0.3 is 12.1 Å². The minimum Gasteiger partial charge on any atom is -0.465 e. The molecule has 1 aliphatic rings. The molecule has 1 aliphatic heterocycles. The number of benzene rings is 1. The number of methoxy groups -OCH3 is 1. The van der Waals surface area contributed by atoms with E-state index < -0.39 is 6.09 Å². The van der Waals surface area contributed by atoms with Gasteiger partial charge in [-0.1, -0.05) is 12.1 Å². The van der Waals surface area contributed by atoms with Crippen molar-refractivity contribution < 1.29 is 19.4 Å². The quantitative estimate of drug-likeness (QED) is 0.793. The Morgan fingerprint density at radius 2 is 1.88 bits per heavy atom. The molecule has 0 atom stereocenters. The Morgan fingerprint density at radius 3 is 2.40 bits per heavy atom. The molecule has 0 saturated carbocycles. The fraction of sp³-hybridized carbons (Fsp3) is 0.556. The molecule has 0 bridgehead atoms. The van der Waals surface area contributed by atoms with Gasteiger partial charge in [0.2, 0.25) is 0 Å². The Hall–Kier alpha value is -2.28. The summed E-state index contributed by atoms with van der Waals surface area (Å²) in [6.07, 6.45) is -0.123. The van der Waals surface area contributed by atoms with E-state index in [0.29, 0.717) is 31.7 Å². The van der Waals surface area contributed by atoms with E-state index in [9.17, 15) is 9.59 Å². The summed E-state index contributed by atoms with van der Waals surface area (Å²) >= 11 is 0. The monoisotopic (exact) mass is 349 g/mol. The summed E-state index contributed by atoms with van der Waals surface area (Å²) in [7, 11) is 3.17. The summed E-state index contributed by atoms with van der Waals surface area (Å²) in [5.41, 5.74) is 2.18. The maximum absolute atomic E-state index is 12.0. The van der Waals surface area contributed by atoms with Crippen LogP contribution in [0.25, 0.3) is 0 Å². The van der Waals surface area contributed by atoms with Gasteiger partial charge in [0, 0.05) is 38.8 Å². The minimum absolute atomic E-state index is 0.162. The number of ether oxygens (including phenoxy) is 1. The molecule has 1 heterocycles. The van der Waals surface area contributed by atoms with Crippen LogP contribution >= 0.6 is 0 Å². The lowest BCUT2D eigenvalue weighted by Gasteiger charge is -2.43. The molecule has 1 amide bonds. The summed E-state index contributed by atoms with van der Waals surface area (Å²) in [6.45, 7) is 6.72. The average molecular weight is 349 g/mol. The van der Waals surface area contributed by atoms with Crippen LogP contribution < -0.4 is 5.32 Å². The van der Waals surface area contributed by atoms with E-state index in [1.165, 1.54) is 12.0 Å². The van der Waals surface area contributed by atoms with Crippen LogP contribution in [0.2, 0.25) is 0 Å². The molecule has 0 radical (unpaired) electrons. The number of hydrogen-bond donors (Lipinski definition) is 2. The van der Waals surface area contributed by atoms with Crippen LogP contribution in [0.3, 0.4) is 0 Å². The molecule has 0 aliphatic carbocycles. The average Bonchev–Trinajstić information content (AvgIpc) is 2.60. The second kappa shape index (κ2) is 7.74. The smallest absolute Gasteiger partial charge is 0.407 e. The van der Waals surface area contributed by atoms with Crippen molar-refractivity contribution in [2.45, 2.75) is 25.8 Å². The van der Waals surface area contributed by atoms with Crippen LogP contribution in [-0.4, -0.2) is 72.8 Å². The molecule has 1 aromatic rings. The van der Waals surface area contributed by atoms with Crippen LogP contribution in [0.15, 0.2) is 18.2 Å². The lowest BCUT2D eigenvalue weighted by atomic mass is 9.90. The number of carbonyl (C=O) groups excluding carboxylic acids is 1. The number of rotatable bonds is 5. The Labute approximate surface area is 148 Å². The minimum atomic E-state index is -0.860. The number of esters is 1. The van der Waals surface area contributed by atoms with Gasteiger partial charge in [-0.05, 0) is 31.9 Å². The Balaban J connectivity index is 2.18. The number of amides is 1. The lowest BCUT2D eigenvalue weighted by molar-refractivity contribution is 0.0515. The number of anilines is 1. The van der Waals surface area contributed by atoms with E-state index in [0.717, 1.165) is 17.7 Å². The van der Waals surface area contributed by atoms with E-state index in [1.54, 1.807) is 13.1 Å². The van der Waals surface area contributed by atoms with Crippen molar-refractivity contribution in [2.24, 2.45) is 0 Å². The van der Waals surface area contributed by atoms with E-state index >= 15 is 0 Å². The van der Waals surface area contributed by atoms with Gasteiger partial charge in [-0.25, -0.2) is 9.59 Å². The predicted octanol–water partition coefficient (Wildman–Crippen LogP) is 2.13. The first-order valence-corrected chi connectivity index (χ1v) is 8.41. The highest BCUT2D eigenvalue weighted by Crippen LogP contribution is 2.29. The molecule has 7 heteroatoms. The number of piperazine rings is 1. The summed E-state index contributed by atoms with van der Waals surface area (Å²) in [6, 6.07) is 5.62. The van der Waals surface area contributed by atoms with E-state index in [4.69, 9.17) is 9.84 Å². The zero-order valence-corrected chi connectivity index (χ0v) is 15.3. The molecule has 1 aromatic carbocycles. The summed E-state index contributed by atoms with van der Waals surface area (Å²) in [5, 5.41) is 12.2. The first-order chi connectivity index (χ1) is 11.8. The van der Waals surface area contributed by atoms with Crippen molar-refractivity contribution in [3.63, 3.8) is 0 Å². The van der Waals surface area contributed by atoms with Crippen molar-refractivity contribution in [3.05, 3.63) is 29.3 Å². The summed E-state index contributed by atoms with van der Waals surface area (Å²) < 4.78 is 4.86. The highest BCUT2D eigenvalue weighted by molar-refractivity contribution is 5.96. The van der Waals surface area contributed by atoms with Crippen molar-refractivity contribution in [1.82, 2.24) is 9.80 Å². The van der Waals surface area contributed by atoms with Crippen LogP contribution in [0.1, 0.15) is 29.8 Å². The second-order valence-corrected chi connectivity index (χ2v) is 6.83. The van der Waals surface area contributed by atoms with Crippen LogP contribution in [-0.2, 0) is 11.2 Å². The van der Waals surface area contributed by atoms with Gasteiger partial charge in [0.15, 0.2) is 0 Å². The topological polar surface area (TPSA) is 82.1 Å². The van der Waals surface area contributed by atoms with Gasteiger partial charge in [-0.2, -0.15) is 0 Å². The van der Waals surface area contributed by atoms with Crippen molar-refractivity contribution in [2.75, 3.05) is 45.7 Å². The molecule has 1 saturated heterocycles. The lowest BCUT2D eigenvalue weighted by Crippen LogP contribution is -2.56. The van der Waals surface area contributed by atoms with Gasteiger partial charge in [-0.15, -0.1) is 0 Å². The van der Waals surface area contributed by atoms with Gasteiger partial charge in [0.1, 0.15) is 0 Å². The predicted molar refractivity (Wildman–Crippen MR) is 96.3 cm³/mol. The fourth-order valence-electron chi connectivity index (χ4n) is 3.40. The van der Waals surface area contributed by atoms with Crippen molar-refractivity contribution in [1.29, 1.82) is 0 Å². The van der Waals surface area contributed by atoms with Crippen molar-refractivity contribution in [3.8, 4) is 0 Å². The highest BCUT2D eigenvalue weighted by atomic mass is 16.5. The van der Waals surface area contributed by atoms with Crippen LogP contribution in [0.4, 0.5) is 10.5 Å². The molecule has 0 unspecified atom stereocenters. The van der Waals surface area contributed by atoms with Gasteiger partial charge in [0.25, 0.3) is 0 Å². The zero-order chi connectivity index (χ0) is 18.6. The standard InChI is InChI=1S/C18H27N3O4/c1-18(2,21-10-8-20(9-11-21)17(23)24)12-13-6-5-7-14(15(13)19-3)16(22)25-4/h5-7,19H,8-12H2,1-4H3,(H,23,24). The number of carboxylic acid groups (broad SMARTS) is 1. The van der Waals surface area contributed by atoms with Crippen LogP contribution in [0.5, 0.6) is 0 Å². The first-order valence-electron chi connectivity index (χ1n) is 8.41. The van der Waals surface area contributed by atoms with Gasteiger partial charge in [-0.3, -0.25) is 4.90 Å². The largest absolute Gasteiger partial charge is 0.465 e. The summed E-state index contributed by atoms with van der Waals surface area (Å²) in [4.78, 5) is 26.8. The molecule has 1 fully saturated rings. The SMILES string of the molecule is CNc1c(CC(C)(C)N2CCN(C(=O)O)CC2)cccc1C(=O)OC. The Kier molecular flexibility index (Phi) is 5.89. The van der Waals surface area contributed by atoms with Gasteiger partial charge in [0.05, 0.1) is 18.4 Å². The van der Waals surface area contributed by atoms with Crippen LogP contribution in [0, 0.1) is 0 Å². The van der Waals surface area contributed by atoms with Crippen molar-refractivity contribution >= 4 is 17.7 Å². The molecule has 138 valence electrons. The third kappa shape index (κ3) is 4.22. The third-order valence-corrected chi connectivity index (χ3v) is 4.84. The number of para-hydroxylation sites is 1. The summed E-state index contributed by atoms with van der Waals surface area (Å²) in [5.74, 6) is -0.362. The number of carbonyl (C=O) groups is 2. The highest BCUT2D eigenvalue weighted by Gasteiger charge is 2.32. The molecular formula is C18H27N3O4. The van der Waals surface area contributed by atoms with E-state index in [2.05, 4.69) is 24.1 Å². The maximum Gasteiger partial charge on any atom is 0.407 e. The Bertz CT molecular complexity index is 637. The molecule has 0 spiro atoms. The number of hydrogen-bond acceptors (Lipinski definition) is 5. The normalized spacial score (nSPS) is 15.8. The van der Waals surface area contributed by atoms with E-state index in [-0.39, 0.29) is 11.5 Å². The molecule has 2 N–H and O–H groups in total. The molecular weight excluding hydrogens is 322 g/mol. The number of nitrogens with one attached hydrogen (secondary N) is 1. The number of nitrogens with zero attached hydrogens (tertiary/aromatic N) is 2.